The summed E-state index contributed by atoms with van der Waals surface area (Å²) in [4.78, 5) is 4.34. The highest BCUT2D eigenvalue weighted by Gasteiger charge is 2.09. The van der Waals surface area contributed by atoms with Gasteiger partial charge in [0.2, 0.25) is 0 Å². The number of nitrogens with zero attached hydrogens (tertiary/aromatic N) is 2. The van der Waals surface area contributed by atoms with Crippen LogP contribution in [-0.4, -0.2) is 15.2 Å². The molecule has 0 fully saturated rings. The number of H-pyrrole nitrogens is 1. The molecule has 1 aromatic carbocycles. The fourth-order valence-electron chi connectivity index (χ4n) is 1.76. The minimum absolute atomic E-state index is 0.434. The van der Waals surface area contributed by atoms with Crippen molar-refractivity contribution in [3.63, 3.8) is 0 Å². The average molecular weight is 245 g/mol. The van der Waals surface area contributed by atoms with Crippen LogP contribution < -0.4 is 5.73 Å². The first-order valence-corrected chi connectivity index (χ1v) is 5.48. The molecule has 2 aromatic heterocycles. The Kier molecular flexibility index (Phi) is 2.23. The van der Waals surface area contributed by atoms with Gasteiger partial charge in [0.25, 0.3) is 0 Å². The van der Waals surface area contributed by atoms with Crippen LogP contribution in [0.1, 0.15) is 0 Å². The number of rotatable bonds is 1. The summed E-state index contributed by atoms with van der Waals surface area (Å²) in [5.41, 5.74) is 8.01. The number of para-hydroxylation sites is 1. The quantitative estimate of drug-likeness (QED) is 0.647. The molecule has 0 atom stereocenters. The molecule has 84 valence electrons. The lowest BCUT2D eigenvalue weighted by Crippen LogP contribution is -1.86. The third-order valence-corrected chi connectivity index (χ3v) is 2.85. The summed E-state index contributed by atoms with van der Waals surface area (Å²) in [5, 5.41) is 8.17. The van der Waals surface area contributed by atoms with E-state index in [1.807, 2.05) is 30.3 Å². The first-order chi connectivity index (χ1) is 8.24. The maximum Gasteiger partial charge on any atom is 0.145 e. The molecule has 0 saturated carbocycles. The molecule has 5 heteroatoms. The normalized spacial score (nSPS) is 10.9. The van der Waals surface area contributed by atoms with Gasteiger partial charge in [-0.15, -0.1) is 0 Å². The summed E-state index contributed by atoms with van der Waals surface area (Å²) in [7, 11) is 0. The van der Waals surface area contributed by atoms with E-state index in [0.29, 0.717) is 11.0 Å². The van der Waals surface area contributed by atoms with E-state index in [-0.39, 0.29) is 0 Å². The fraction of sp³-hybridized carbons (Fsp3) is 0. The topological polar surface area (TPSA) is 67.6 Å². The predicted octanol–water partition coefficient (Wildman–Crippen LogP) is 2.86. The third kappa shape index (κ3) is 1.72. The van der Waals surface area contributed by atoms with Crippen molar-refractivity contribution in [1.82, 2.24) is 15.2 Å². The summed E-state index contributed by atoms with van der Waals surface area (Å²) in [6.45, 7) is 0. The summed E-state index contributed by atoms with van der Waals surface area (Å²) >= 11 is 6.15. The number of pyridine rings is 1. The molecule has 0 bridgehead atoms. The molecule has 3 aromatic rings. The van der Waals surface area contributed by atoms with Crippen LogP contribution >= 0.6 is 11.6 Å². The number of halogens is 1. The molecule has 17 heavy (non-hydrogen) atoms. The number of anilines is 1. The maximum absolute atomic E-state index is 6.15. The second-order valence-electron chi connectivity index (χ2n) is 3.73. The number of nitrogens with one attached hydrogen (secondary N) is 1. The Morgan fingerprint density at radius 1 is 1.18 bits per heavy atom. The van der Waals surface area contributed by atoms with Crippen LogP contribution in [0.25, 0.3) is 22.2 Å². The van der Waals surface area contributed by atoms with E-state index < -0.39 is 0 Å². The van der Waals surface area contributed by atoms with Crippen molar-refractivity contribution in [3.05, 3.63) is 41.6 Å². The van der Waals surface area contributed by atoms with Crippen LogP contribution in [0.15, 0.2) is 36.4 Å². The van der Waals surface area contributed by atoms with Crippen LogP contribution in [0.3, 0.4) is 0 Å². The van der Waals surface area contributed by atoms with Gasteiger partial charge in [-0.3, -0.25) is 5.10 Å². The molecule has 0 radical (unpaired) electrons. The van der Waals surface area contributed by atoms with Crippen molar-refractivity contribution in [3.8, 4) is 11.3 Å². The van der Waals surface area contributed by atoms with Crippen LogP contribution in [0, 0.1) is 0 Å². The van der Waals surface area contributed by atoms with Gasteiger partial charge < -0.3 is 5.73 Å². The minimum atomic E-state index is 0.434. The summed E-state index contributed by atoms with van der Waals surface area (Å²) < 4.78 is 0. The molecule has 0 aliphatic rings. The second-order valence-corrected chi connectivity index (χ2v) is 4.08. The van der Waals surface area contributed by atoms with Gasteiger partial charge in [-0.1, -0.05) is 29.8 Å². The van der Waals surface area contributed by atoms with E-state index in [4.69, 9.17) is 17.3 Å². The lowest BCUT2D eigenvalue weighted by molar-refractivity contribution is 1.10. The Morgan fingerprint density at radius 3 is 2.76 bits per heavy atom. The smallest absolute Gasteiger partial charge is 0.145 e. The van der Waals surface area contributed by atoms with Gasteiger partial charge in [-0.25, -0.2) is 4.98 Å². The fourth-order valence-corrected chi connectivity index (χ4v) is 2.00. The summed E-state index contributed by atoms with van der Waals surface area (Å²) in [5.74, 6) is 0.434. The number of aromatic nitrogens is 3. The van der Waals surface area contributed by atoms with Gasteiger partial charge in [-0.2, -0.15) is 5.10 Å². The second kappa shape index (κ2) is 3.75. The van der Waals surface area contributed by atoms with Crippen molar-refractivity contribution in [2.24, 2.45) is 0 Å². The average Bonchev–Trinajstić information content (AvgIpc) is 2.75. The molecule has 3 N–H and O–H groups in total. The Morgan fingerprint density at radius 2 is 2.00 bits per heavy atom. The Bertz CT molecular complexity index is 690. The monoisotopic (exact) mass is 244 g/mol. The third-order valence-electron chi connectivity index (χ3n) is 2.57. The van der Waals surface area contributed by atoms with Gasteiger partial charge >= 0.3 is 0 Å². The Hall–Kier alpha value is -2.07. The van der Waals surface area contributed by atoms with Crippen molar-refractivity contribution < 1.29 is 0 Å². The molecule has 0 unspecified atom stereocenters. The maximum atomic E-state index is 6.15. The number of aromatic amines is 1. The lowest BCUT2D eigenvalue weighted by Gasteiger charge is -2.03. The number of hydrogen-bond donors (Lipinski definition) is 2. The lowest BCUT2D eigenvalue weighted by atomic mass is 10.1. The largest absolute Gasteiger partial charge is 0.382 e. The molecule has 0 spiro atoms. The van der Waals surface area contributed by atoms with Gasteiger partial charge in [0.15, 0.2) is 0 Å². The first kappa shape index (κ1) is 10.1. The minimum Gasteiger partial charge on any atom is -0.382 e. The molecular weight excluding hydrogens is 236 g/mol. The number of hydrogen-bond acceptors (Lipinski definition) is 3. The van der Waals surface area contributed by atoms with Gasteiger partial charge in [-0.05, 0) is 12.1 Å². The summed E-state index contributed by atoms with van der Waals surface area (Å²) in [6.07, 6.45) is 0. The SMILES string of the molecule is Nc1cc(-c2cc3ccccc3nc2Cl)[nH]n1. The van der Waals surface area contributed by atoms with Crippen LogP contribution in [0.4, 0.5) is 5.82 Å². The number of nitrogen functional groups attached to an aromatic ring is 1. The molecule has 4 nitrogen and oxygen atoms in total. The first-order valence-electron chi connectivity index (χ1n) is 5.10. The molecule has 0 aliphatic heterocycles. The standard InChI is InChI=1S/C12H9ClN4/c13-12-8(10-6-11(14)17-16-10)5-7-3-1-2-4-9(7)15-12/h1-6H,(H3,14,16,17). The zero-order valence-corrected chi connectivity index (χ0v) is 9.57. The molecule has 0 saturated heterocycles. The van der Waals surface area contributed by atoms with Crippen molar-refractivity contribution in [1.29, 1.82) is 0 Å². The van der Waals surface area contributed by atoms with Crippen LogP contribution in [0.2, 0.25) is 5.15 Å². The molecule has 2 heterocycles. The highest BCUT2D eigenvalue weighted by Crippen LogP contribution is 2.29. The highest BCUT2D eigenvalue weighted by atomic mass is 35.5. The molecule has 0 amide bonds. The van der Waals surface area contributed by atoms with E-state index in [1.54, 1.807) is 6.07 Å². The van der Waals surface area contributed by atoms with Crippen LogP contribution in [0.5, 0.6) is 0 Å². The van der Waals surface area contributed by atoms with E-state index in [9.17, 15) is 0 Å². The van der Waals surface area contributed by atoms with Gasteiger partial charge in [0.05, 0.1) is 11.2 Å². The molecule has 3 rings (SSSR count). The van der Waals surface area contributed by atoms with Gasteiger partial charge in [0.1, 0.15) is 11.0 Å². The van der Waals surface area contributed by atoms with Crippen molar-refractivity contribution >= 4 is 28.3 Å². The zero-order valence-electron chi connectivity index (χ0n) is 8.81. The van der Waals surface area contributed by atoms with E-state index >= 15 is 0 Å². The zero-order chi connectivity index (χ0) is 11.8. The molecular formula is C12H9ClN4. The van der Waals surface area contributed by atoms with E-state index in [1.165, 1.54) is 0 Å². The predicted molar refractivity (Wildman–Crippen MR) is 68.7 cm³/mol. The summed E-state index contributed by atoms with van der Waals surface area (Å²) in [6, 6.07) is 11.5. The van der Waals surface area contributed by atoms with E-state index in [0.717, 1.165) is 22.2 Å². The number of nitrogens with two attached hydrogens (primary N) is 1. The van der Waals surface area contributed by atoms with Crippen LogP contribution in [-0.2, 0) is 0 Å². The molecule has 0 aliphatic carbocycles. The van der Waals surface area contributed by atoms with Crippen molar-refractivity contribution in [2.75, 3.05) is 5.73 Å². The Balaban J connectivity index is 2.26. The van der Waals surface area contributed by atoms with E-state index in [2.05, 4.69) is 15.2 Å². The van der Waals surface area contributed by atoms with Crippen molar-refractivity contribution in [2.45, 2.75) is 0 Å². The number of benzene rings is 1. The Labute approximate surface area is 102 Å². The van der Waals surface area contributed by atoms with Gasteiger partial charge in [0, 0.05) is 17.0 Å². The highest BCUT2D eigenvalue weighted by molar-refractivity contribution is 6.32. The number of fused-ring (bicyclic) bond motifs is 1.